The van der Waals surface area contributed by atoms with E-state index in [1.807, 2.05) is 6.92 Å². The van der Waals surface area contributed by atoms with Crippen LogP contribution in [0.4, 0.5) is 11.5 Å². The fraction of sp³-hybridized carbons (Fsp3) is 0.500. The summed E-state index contributed by atoms with van der Waals surface area (Å²) in [5.41, 5.74) is 4.97. The molecule has 0 radical (unpaired) electrons. The number of aromatic nitrogens is 4. The van der Waals surface area contributed by atoms with E-state index < -0.39 is 0 Å². The molecular weight excluding hydrogens is 404 g/mol. The van der Waals surface area contributed by atoms with Crippen molar-refractivity contribution in [1.82, 2.24) is 19.9 Å². The van der Waals surface area contributed by atoms with Gasteiger partial charge in [-0.05, 0) is 45.6 Å². The van der Waals surface area contributed by atoms with Crippen molar-refractivity contribution in [3.8, 4) is 5.75 Å². The molecule has 1 aromatic carbocycles. The SMILES string of the molecule is Cc1ncnc(NC2CCC(Oc3cc(N4CCOCC4)cc4nccnc34)CC2)c1C. The van der Waals surface area contributed by atoms with E-state index in [0.717, 1.165) is 91.5 Å². The van der Waals surface area contributed by atoms with Gasteiger partial charge in [-0.2, -0.15) is 0 Å². The number of rotatable bonds is 5. The van der Waals surface area contributed by atoms with Crippen molar-refractivity contribution < 1.29 is 9.47 Å². The summed E-state index contributed by atoms with van der Waals surface area (Å²) in [4.78, 5) is 20.1. The summed E-state index contributed by atoms with van der Waals surface area (Å²) in [6, 6.07) is 4.63. The molecule has 1 aliphatic carbocycles. The second-order valence-electron chi connectivity index (χ2n) is 8.64. The molecule has 0 amide bonds. The zero-order valence-corrected chi connectivity index (χ0v) is 18.8. The van der Waals surface area contributed by atoms with Crippen molar-refractivity contribution in [2.45, 2.75) is 51.7 Å². The second-order valence-corrected chi connectivity index (χ2v) is 8.64. The van der Waals surface area contributed by atoms with Gasteiger partial charge < -0.3 is 19.7 Å². The molecule has 2 aliphatic rings. The van der Waals surface area contributed by atoms with Gasteiger partial charge in [-0.25, -0.2) is 15.0 Å². The summed E-state index contributed by atoms with van der Waals surface area (Å²) in [5.74, 6) is 1.78. The molecule has 32 heavy (non-hydrogen) atoms. The number of fused-ring (bicyclic) bond motifs is 1. The van der Waals surface area contributed by atoms with Crippen LogP contribution in [0.15, 0.2) is 30.9 Å². The molecule has 5 rings (SSSR count). The Bertz CT molecular complexity index is 1080. The highest BCUT2D eigenvalue weighted by Crippen LogP contribution is 2.33. The molecule has 0 spiro atoms. The van der Waals surface area contributed by atoms with Crippen LogP contribution in [0.25, 0.3) is 11.0 Å². The number of benzene rings is 1. The van der Waals surface area contributed by atoms with Crippen LogP contribution in [0.2, 0.25) is 0 Å². The number of anilines is 2. The third kappa shape index (κ3) is 4.46. The maximum atomic E-state index is 6.53. The average Bonchev–Trinajstić information content (AvgIpc) is 2.84. The maximum Gasteiger partial charge on any atom is 0.149 e. The van der Waals surface area contributed by atoms with Crippen LogP contribution in [-0.2, 0) is 4.74 Å². The van der Waals surface area contributed by atoms with Gasteiger partial charge in [0.15, 0.2) is 0 Å². The van der Waals surface area contributed by atoms with Gasteiger partial charge in [-0.3, -0.25) is 4.98 Å². The van der Waals surface area contributed by atoms with Crippen LogP contribution in [0.3, 0.4) is 0 Å². The van der Waals surface area contributed by atoms with Crippen LogP contribution < -0.4 is 15.0 Å². The molecule has 0 bridgehead atoms. The summed E-state index contributed by atoms with van der Waals surface area (Å²) >= 11 is 0. The standard InChI is InChI=1S/C24H30N6O2/c1-16-17(2)27-15-28-24(16)29-18-3-5-20(6-4-18)32-22-14-19(30-9-11-31-12-10-30)13-21-23(22)26-8-7-25-21/h7-8,13-15,18,20H,3-6,9-12H2,1-2H3,(H,27,28,29). The molecule has 2 aromatic heterocycles. The molecule has 0 atom stereocenters. The molecule has 1 aliphatic heterocycles. The molecule has 3 aromatic rings. The molecule has 8 nitrogen and oxygen atoms in total. The van der Waals surface area contributed by atoms with Crippen molar-refractivity contribution in [3.63, 3.8) is 0 Å². The quantitative estimate of drug-likeness (QED) is 0.651. The number of hydrogen-bond donors (Lipinski definition) is 1. The van der Waals surface area contributed by atoms with E-state index in [1.165, 1.54) is 0 Å². The molecule has 1 N–H and O–H groups in total. The summed E-state index contributed by atoms with van der Waals surface area (Å²) in [6.07, 6.45) is 9.34. The predicted molar refractivity (Wildman–Crippen MR) is 124 cm³/mol. The summed E-state index contributed by atoms with van der Waals surface area (Å²) in [6.45, 7) is 7.34. The lowest BCUT2D eigenvalue weighted by Gasteiger charge is -2.31. The van der Waals surface area contributed by atoms with E-state index in [1.54, 1.807) is 18.7 Å². The zero-order valence-electron chi connectivity index (χ0n) is 18.8. The second kappa shape index (κ2) is 9.24. The predicted octanol–water partition coefficient (Wildman–Crippen LogP) is 3.68. The lowest BCUT2D eigenvalue weighted by atomic mass is 9.92. The maximum absolute atomic E-state index is 6.53. The number of nitrogens with zero attached hydrogens (tertiary/aromatic N) is 5. The van der Waals surface area contributed by atoms with Crippen molar-refractivity contribution in [2.24, 2.45) is 0 Å². The summed E-state index contributed by atoms with van der Waals surface area (Å²) < 4.78 is 12.0. The zero-order chi connectivity index (χ0) is 21.9. The Morgan fingerprint density at radius 1 is 0.969 bits per heavy atom. The van der Waals surface area contributed by atoms with E-state index >= 15 is 0 Å². The van der Waals surface area contributed by atoms with Gasteiger partial charge in [0.05, 0.1) is 24.8 Å². The fourth-order valence-electron chi connectivity index (χ4n) is 4.50. The normalized spacial score (nSPS) is 21.5. The lowest BCUT2D eigenvalue weighted by molar-refractivity contribution is 0.122. The van der Waals surface area contributed by atoms with Gasteiger partial charge in [-0.1, -0.05) is 0 Å². The first kappa shape index (κ1) is 20.9. The minimum atomic E-state index is 0.173. The Morgan fingerprint density at radius 2 is 1.75 bits per heavy atom. The van der Waals surface area contributed by atoms with Crippen LogP contribution in [0, 0.1) is 13.8 Å². The Kier molecular flexibility index (Phi) is 6.03. The lowest BCUT2D eigenvalue weighted by Crippen LogP contribution is -2.36. The number of nitrogens with one attached hydrogen (secondary N) is 1. The highest BCUT2D eigenvalue weighted by Gasteiger charge is 2.25. The largest absolute Gasteiger partial charge is 0.488 e. The molecule has 2 fully saturated rings. The molecule has 168 valence electrons. The number of ether oxygens (including phenoxy) is 2. The van der Waals surface area contributed by atoms with Crippen LogP contribution in [-0.4, -0.2) is 58.4 Å². The first-order chi connectivity index (χ1) is 15.7. The minimum Gasteiger partial charge on any atom is -0.488 e. The minimum absolute atomic E-state index is 0.173. The Balaban J connectivity index is 1.28. The van der Waals surface area contributed by atoms with E-state index in [-0.39, 0.29) is 6.10 Å². The van der Waals surface area contributed by atoms with Gasteiger partial charge in [0.25, 0.3) is 0 Å². The summed E-state index contributed by atoms with van der Waals surface area (Å²) in [5, 5.41) is 3.61. The first-order valence-electron chi connectivity index (χ1n) is 11.5. The molecular formula is C24H30N6O2. The van der Waals surface area contributed by atoms with Gasteiger partial charge >= 0.3 is 0 Å². The average molecular weight is 435 g/mol. The third-order valence-electron chi connectivity index (χ3n) is 6.54. The number of aryl methyl sites for hydroxylation is 1. The monoisotopic (exact) mass is 434 g/mol. The highest BCUT2D eigenvalue weighted by atomic mass is 16.5. The van der Waals surface area contributed by atoms with Crippen LogP contribution >= 0.6 is 0 Å². The van der Waals surface area contributed by atoms with Crippen molar-refractivity contribution in [1.29, 1.82) is 0 Å². The van der Waals surface area contributed by atoms with Gasteiger partial charge in [0, 0.05) is 54.5 Å². The first-order valence-corrected chi connectivity index (χ1v) is 11.5. The van der Waals surface area contributed by atoms with Gasteiger partial charge in [0.1, 0.15) is 23.4 Å². The molecule has 1 saturated carbocycles. The number of hydrogen-bond acceptors (Lipinski definition) is 8. The Hall–Kier alpha value is -3.00. The Labute approximate surface area is 188 Å². The van der Waals surface area contributed by atoms with E-state index in [4.69, 9.17) is 9.47 Å². The van der Waals surface area contributed by atoms with Crippen LogP contribution in [0.5, 0.6) is 5.75 Å². The van der Waals surface area contributed by atoms with E-state index in [9.17, 15) is 0 Å². The Morgan fingerprint density at radius 3 is 2.56 bits per heavy atom. The number of morpholine rings is 1. The van der Waals surface area contributed by atoms with Crippen LogP contribution in [0.1, 0.15) is 36.9 Å². The fourth-order valence-corrected chi connectivity index (χ4v) is 4.50. The molecule has 3 heterocycles. The summed E-state index contributed by atoms with van der Waals surface area (Å²) in [7, 11) is 0. The van der Waals surface area contributed by atoms with E-state index in [0.29, 0.717) is 6.04 Å². The molecule has 0 unspecified atom stereocenters. The van der Waals surface area contributed by atoms with E-state index in [2.05, 4.69) is 49.2 Å². The van der Waals surface area contributed by atoms with Gasteiger partial charge in [0.2, 0.25) is 0 Å². The highest BCUT2D eigenvalue weighted by molar-refractivity contribution is 5.85. The van der Waals surface area contributed by atoms with Crippen molar-refractivity contribution in [2.75, 3.05) is 36.5 Å². The smallest absolute Gasteiger partial charge is 0.149 e. The van der Waals surface area contributed by atoms with Gasteiger partial charge in [-0.15, -0.1) is 0 Å². The third-order valence-corrected chi connectivity index (χ3v) is 6.54. The molecule has 1 saturated heterocycles. The topological polar surface area (TPSA) is 85.3 Å². The van der Waals surface area contributed by atoms with Crippen molar-refractivity contribution in [3.05, 3.63) is 42.1 Å². The van der Waals surface area contributed by atoms with Crippen molar-refractivity contribution >= 4 is 22.5 Å². The molecule has 8 heteroatoms.